The summed E-state index contributed by atoms with van der Waals surface area (Å²) in [5.41, 5.74) is 4.15. The van der Waals surface area contributed by atoms with E-state index in [1.54, 1.807) is 12.1 Å². The Morgan fingerprint density at radius 3 is 2.65 bits per heavy atom. The molecule has 2 N–H and O–H groups in total. The van der Waals surface area contributed by atoms with Crippen molar-refractivity contribution < 1.29 is 5.11 Å². The molecule has 1 heterocycles. The minimum Gasteiger partial charge on any atom is -0.508 e. The number of aromatic hydroxyl groups is 1. The lowest BCUT2D eigenvalue weighted by Crippen LogP contribution is -1.87. The number of phenols is 1. The van der Waals surface area contributed by atoms with Crippen molar-refractivity contribution in [2.75, 3.05) is 0 Å². The fourth-order valence-electron chi connectivity index (χ4n) is 2.54. The Kier molecular flexibility index (Phi) is 3.14. The van der Waals surface area contributed by atoms with Crippen LogP contribution in [0.15, 0.2) is 48.5 Å². The van der Waals surface area contributed by atoms with Crippen molar-refractivity contribution in [3.05, 3.63) is 54.1 Å². The molecule has 0 bridgehead atoms. The summed E-state index contributed by atoms with van der Waals surface area (Å²) in [7, 11) is 0. The Labute approximate surface area is 117 Å². The fourth-order valence-corrected chi connectivity index (χ4v) is 2.54. The second-order valence-corrected chi connectivity index (χ2v) is 4.73. The molecule has 0 aliphatic rings. The van der Waals surface area contributed by atoms with Gasteiger partial charge >= 0.3 is 0 Å². The minimum atomic E-state index is 0.241. The van der Waals surface area contributed by atoms with E-state index >= 15 is 0 Å². The van der Waals surface area contributed by atoms with Crippen LogP contribution in [0.2, 0.25) is 0 Å². The average molecular weight is 262 g/mol. The van der Waals surface area contributed by atoms with Crippen LogP contribution in [0.1, 0.15) is 12.0 Å². The van der Waals surface area contributed by atoms with E-state index in [4.69, 9.17) is 5.26 Å². The summed E-state index contributed by atoms with van der Waals surface area (Å²) in [5.74, 6) is 0.241. The van der Waals surface area contributed by atoms with Crippen molar-refractivity contribution in [3.8, 4) is 23.1 Å². The van der Waals surface area contributed by atoms with E-state index in [-0.39, 0.29) is 5.75 Å². The lowest BCUT2D eigenvalue weighted by Gasteiger charge is -2.03. The monoisotopic (exact) mass is 262 g/mol. The van der Waals surface area contributed by atoms with E-state index in [9.17, 15) is 5.11 Å². The number of rotatable bonds is 3. The van der Waals surface area contributed by atoms with Gasteiger partial charge in [-0.25, -0.2) is 0 Å². The summed E-state index contributed by atoms with van der Waals surface area (Å²) in [6.07, 6.45) is 1.18. The number of aromatic nitrogens is 1. The molecule has 0 aliphatic carbocycles. The highest BCUT2D eigenvalue weighted by Gasteiger charge is 2.13. The Morgan fingerprint density at radius 1 is 1.10 bits per heavy atom. The molecule has 0 saturated heterocycles. The van der Waals surface area contributed by atoms with Gasteiger partial charge in [-0.1, -0.05) is 30.3 Å². The van der Waals surface area contributed by atoms with Crippen molar-refractivity contribution in [1.29, 1.82) is 5.26 Å². The molecule has 3 nitrogen and oxygen atoms in total. The van der Waals surface area contributed by atoms with E-state index in [0.29, 0.717) is 12.8 Å². The summed E-state index contributed by atoms with van der Waals surface area (Å²) in [6, 6.07) is 17.6. The first-order chi connectivity index (χ1) is 9.79. The zero-order chi connectivity index (χ0) is 13.9. The lowest BCUT2D eigenvalue weighted by atomic mass is 10.0. The van der Waals surface area contributed by atoms with E-state index in [0.717, 1.165) is 27.7 Å². The van der Waals surface area contributed by atoms with Crippen LogP contribution in [0.5, 0.6) is 5.75 Å². The van der Waals surface area contributed by atoms with Gasteiger partial charge in [-0.2, -0.15) is 5.26 Å². The summed E-state index contributed by atoms with van der Waals surface area (Å²) in [6.45, 7) is 0. The maximum atomic E-state index is 9.60. The summed E-state index contributed by atoms with van der Waals surface area (Å²) < 4.78 is 0. The second-order valence-electron chi connectivity index (χ2n) is 4.73. The molecule has 20 heavy (non-hydrogen) atoms. The molecule has 0 fully saturated rings. The van der Waals surface area contributed by atoms with Crippen LogP contribution in [-0.2, 0) is 6.42 Å². The number of hydrogen-bond donors (Lipinski definition) is 2. The lowest BCUT2D eigenvalue weighted by molar-refractivity contribution is 0.476. The van der Waals surface area contributed by atoms with Gasteiger partial charge in [0, 0.05) is 29.1 Å². The molecule has 0 saturated carbocycles. The third-order valence-corrected chi connectivity index (χ3v) is 3.44. The van der Waals surface area contributed by atoms with Crippen LogP contribution in [-0.4, -0.2) is 10.1 Å². The number of nitrogens with zero attached hydrogens (tertiary/aromatic N) is 1. The largest absolute Gasteiger partial charge is 0.508 e. The molecule has 0 spiro atoms. The van der Waals surface area contributed by atoms with Crippen LogP contribution in [0.25, 0.3) is 22.2 Å². The van der Waals surface area contributed by atoms with Crippen molar-refractivity contribution in [1.82, 2.24) is 4.98 Å². The number of hydrogen-bond acceptors (Lipinski definition) is 2. The van der Waals surface area contributed by atoms with Crippen LogP contribution >= 0.6 is 0 Å². The molecular weight excluding hydrogens is 248 g/mol. The van der Waals surface area contributed by atoms with Gasteiger partial charge in [-0.05, 0) is 29.7 Å². The number of fused-ring (bicyclic) bond motifs is 1. The van der Waals surface area contributed by atoms with Gasteiger partial charge in [0.2, 0.25) is 0 Å². The maximum absolute atomic E-state index is 9.60. The number of aromatic amines is 1. The molecule has 98 valence electrons. The molecule has 0 unspecified atom stereocenters. The number of H-pyrrole nitrogens is 1. The maximum Gasteiger partial charge on any atom is 0.117 e. The van der Waals surface area contributed by atoms with Crippen LogP contribution < -0.4 is 0 Å². The van der Waals surface area contributed by atoms with Gasteiger partial charge in [-0.3, -0.25) is 0 Å². The average Bonchev–Trinajstić information content (AvgIpc) is 2.83. The number of benzene rings is 2. The molecule has 0 amide bonds. The third-order valence-electron chi connectivity index (χ3n) is 3.44. The predicted molar refractivity (Wildman–Crippen MR) is 79.3 cm³/mol. The third kappa shape index (κ3) is 2.12. The quantitative estimate of drug-likeness (QED) is 0.749. The number of phenolic OH excluding ortho intramolecular Hbond substituents is 1. The fraction of sp³-hybridized carbons (Fsp3) is 0.118. The second kappa shape index (κ2) is 5.10. The molecule has 0 aliphatic heterocycles. The topological polar surface area (TPSA) is 59.8 Å². The SMILES string of the molecule is N#CCCc1c(-c2ccccc2)[nH]c2cc(O)ccc12. The summed E-state index contributed by atoms with van der Waals surface area (Å²) >= 11 is 0. The van der Waals surface area contributed by atoms with E-state index < -0.39 is 0 Å². The Balaban J connectivity index is 2.22. The minimum absolute atomic E-state index is 0.241. The van der Waals surface area contributed by atoms with Gasteiger partial charge in [0.15, 0.2) is 0 Å². The van der Waals surface area contributed by atoms with Crippen molar-refractivity contribution in [2.45, 2.75) is 12.8 Å². The Morgan fingerprint density at radius 2 is 1.90 bits per heavy atom. The normalized spacial score (nSPS) is 10.6. The highest BCUT2D eigenvalue weighted by Crippen LogP contribution is 2.32. The molecule has 1 aromatic heterocycles. The zero-order valence-corrected chi connectivity index (χ0v) is 10.9. The first kappa shape index (κ1) is 12.3. The van der Waals surface area contributed by atoms with Crippen molar-refractivity contribution in [3.63, 3.8) is 0 Å². The summed E-state index contributed by atoms with van der Waals surface area (Å²) in [5, 5.41) is 19.5. The predicted octanol–water partition coefficient (Wildman–Crippen LogP) is 4.00. The zero-order valence-electron chi connectivity index (χ0n) is 10.9. The molecule has 0 radical (unpaired) electrons. The molecule has 3 aromatic rings. The van der Waals surface area contributed by atoms with Gasteiger partial charge in [0.05, 0.1) is 6.07 Å². The highest BCUT2D eigenvalue weighted by molar-refractivity contribution is 5.91. The first-order valence-electron chi connectivity index (χ1n) is 6.55. The molecule has 0 atom stereocenters. The van der Waals surface area contributed by atoms with Crippen molar-refractivity contribution in [2.24, 2.45) is 0 Å². The van der Waals surface area contributed by atoms with Crippen LogP contribution in [0, 0.1) is 11.3 Å². The molecule has 3 heteroatoms. The first-order valence-corrected chi connectivity index (χ1v) is 6.55. The number of aryl methyl sites for hydroxylation is 1. The van der Waals surface area contributed by atoms with E-state index in [2.05, 4.69) is 11.1 Å². The highest BCUT2D eigenvalue weighted by atomic mass is 16.3. The molecule has 3 rings (SSSR count). The smallest absolute Gasteiger partial charge is 0.117 e. The summed E-state index contributed by atoms with van der Waals surface area (Å²) in [4.78, 5) is 3.36. The Hall–Kier alpha value is -2.73. The van der Waals surface area contributed by atoms with Gasteiger partial charge in [0.1, 0.15) is 5.75 Å². The van der Waals surface area contributed by atoms with Crippen LogP contribution in [0.4, 0.5) is 0 Å². The van der Waals surface area contributed by atoms with Gasteiger partial charge in [0.25, 0.3) is 0 Å². The van der Waals surface area contributed by atoms with Gasteiger partial charge < -0.3 is 10.1 Å². The van der Waals surface area contributed by atoms with E-state index in [1.807, 2.05) is 36.4 Å². The van der Waals surface area contributed by atoms with E-state index in [1.165, 1.54) is 0 Å². The van der Waals surface area contributed by atoms with Crippen molar-refractivity contribution >= 4 is 10.9 Å². The molecule has 2 aromatic carbocycles. The van der Waals surface area contributed by atoms with Gasteiger partial charge in [-0.15, -0.1) is 0 Å². The Bertz CT molecular complexity index is 782. The number of nitrogens with one attached hydrogen (secondary N) is 1. The molecular formula is C17H14N2O. The standard InChI is InChI=1S/C17H14N2O/c18-10-4-7-15-14-9-8-13(20)11-16(14)19-17(15)12-5-2-1-3-6-12/h1-3,5-6,8-9,11,19-20H,4,7H2. The number of nitriles is 1. The van der Waals surface area contributed by atoms with Crippen LogP contribution in [0.3, 0.4) is 0 Å².